The maximum absolute atomic E-state index is 12.0. The van der Waals surface area contributed by atoms with E-state index in [1.165, 1.54) is 11.0 Å². The largest absolute Gasteiger partial charge is 0.484 e. The van der Waals surface area contributed by atoms with Gasteiger partial charge in [0, 0.05) is 6.61 Å². The number of hydrogen-bond donors (Lipinski definition) is 3. The highest BCUT2D eigenvalue weighted by atomic mass is 16.5. The Morgan fingerprint density at radius 3 is 2.88 bits per heavy atom. The number of amides is 1. The van der Waals surface area contributed by atoms with Crippen LogP contribution in [0.2, 0.25) is 0 Å². The molecule has 3 rings (SSSR count). The highest BCUT2D eigenvalue weighted by molar-refractivity contribution is 5.78. The number of ether oxygens (including phenoxy) is 2. The zero-order valence-electron chi connectivity index (χ0n) is 13.4. The second kappa shape index (κ2) is 8.01. The van der Waals surface area contributed by atoms with Crippen molar-refractivity contribution in [3.8, 4) is 11.4 Å². The number of hydrogen-bond acceptors (Lipinski definition) is 8. The Hall–Kier alpha value is -2.56. The molecule has 2 aromatic rings. The number of tetrazole rings is 1. The minimum absolute atomic E-state index is 0.182. The molecule has 0 unspecified atom stereocenters. The van der Waals surface area contributed by atoms with Crippen molar-refractivity contribution < 1.29 is 24.5 Å². The van der Waals surface area contributed by atoms with Gasteiger partial charge in [-0.05, 0) is 41.1 Å². The van der Waals surface area contributed by atoms with Gasteiger partial charge in [0.1, 0.15) is 24.3 Å². The van der Waals surface area contributed by atoms with Crippen LogP contribution in [-0.4, -0.2) is 74.4 Å². The fraction of sp³-hybridized carbons (Fsp3) is 0.467. The molecule has 3 N–H and O–H groups in total. The van der Waals surface area contributed by atoms with Gasteiger partial charge in [-0.3, -0.25) is 4.79 Å². The van der Waals surface area contributed by atoms with Crippen LogP contribution in [0.3, 0.4) is 0 Å². The molecule has 134 valence electrons. The van der Waals surface area contributed by atoms with Gasteiger partial charge >= 0.3 is 0 Å². The molecule has 1 fully saturated rings. The minimum atomic E-state index is -0.946. The van der Waals surface area contributed by atoms with Crippen molar-refractivity contribution in [3.63, 3.8) is 0 Å². The lowest BCUT2D eigenvalue weighted by molar-refractivity contribution is -0.133. The molecule has 0 saturated carbocycles. The van der Waals surface area contributed by atoms with Gasteiger partial charge in [0.2, 0.25) is 0 Å². The van der Waals surface area contributed by atoms with Crippen LogP contribution in [0.1, 0.15) is 6.42 Å². The number of aliphatic hydroxyl groups excluding tert-OH is 2. The van der Waals surface area contributed by atoms with E-state index in [-0.39, 0.29) is 19.1 Å². The van der Waals surface area contributed by atoms with Gasteiger partial charge in [-0.15, -0.1) is 5.10 Å². The molecule has 10 heteroatoms. The van der Waals surface area contributed by atoms with Gasteiger partial charge in [-0.2, -0.15) is 0 Å². The van der Waals surface area contributed by atoms with Gasteiger partial charge < -0.3 is 25.0 Å². The van der Waals surface area contributed by atoms with Crippen molar-refractivity contribution in [3.05, 3.63) is 30.6 Å². The van der Waals surface area contributed by atoms with E-state index in [1.807, 2.05) is 0 Å². The molecule has 1 saturated heterocycles. The summed E-state index contributed by atoms with van der Waals surface area (Å²) in [6.45, 7) is -0.109. The molecule has 0 spiro atoms. The third-order valence-corrected chi connectivity index (χ3v) is 3.90. The molecular formula is C15H19N5O5. The van der Waals surface area contributed by atoms with Crippen molar-refractivity contribution in [2.75, 3.05) is 19.8 Å². The van der Waals surface area contributed by atoms with Crippen LogP contribution in [0, 0.1) is 0 Å². The molecule has 0 aliphatic carbocycles. The van der Waals surface area contributed by atoms with E-state index in [1.54, 1.807) is 24.3 Å². The number of nitrogens with one attached hydrogen (secondary N) is 1. The van der Waals surface area contributed by atoms with Crippen LogP contribution in [0.15, 0.2) is 30.6 Å². The van der Waals surface area contributed by atoms with Crippen molar-refractivity contribution in [1.82, 2.24) is 25.5 Å². The van der Waals surface area contributed by atoms with Crippen molar-refractivity contribution in [2.45, 2.75) is 24.7 Å². The lowest BCUT2D eigenvalue weighted by Gasteiger charge is -2.34. The predicted octanol–water partition coefficient (Wildman–Crippen LogP) is -1.33. The molecule has 1 amide bonds. The first kappa shape index (κ1) is 17.3. The summed E-state index contributed by atoms with van der Waals surface area (Å²) in [7, 11) is 0. The predicted molar refractivity (Wildman–Crippen MR) is 84.0 cm³/mol. The fourth-order valence-corrected chi connectivity index (χ4v) is 2.57. The highest BCUT2D eigenvalue weighted by Gasteiger charge is 2.33. The van der Waals surface area contributed by atoms with Crippen molar-refractivity contribution in [2.24, 2.45) is 0 Å². The van der Waals surface area contributed by atoms with Crippen LogP contribution in [-0.2, 0) is 9.53 Å². The maximum atomic E-state index is 12.0. The van der Waals surface area contributed by atoms with E-state index in [0.717, 1.165) is 5.69 Å². The second-order valence-electron chi connectivity index (χ2n) is 5.58. The average Bonchev–Trinajstić information content (AvgIpc) is 3.17. The number of rotatable bonds is 6. The molecular weight excluding hydrogens is 330 g/mol. The normalized spacial score (nSPS) is 23.2. The van der Waals surface area contributed by atoms with Crippen LogP contribution in [0.4, 0.5) is 0 Å². The van der Waals surface area contributed by atoms with Gasteiger partial charge in [0.25, 0.3) is 5.91 Å². The van der Waals surface area contributed by atoms with Crippen LogP contribution in [0.5, 0.6) is 5.75 Å². The lowest BCUT2D eigenvalue weighted by atomic mass is 10.00. The van der Waals surface area contributed by atoms with E-state index < -0.39 is 18.2 Å². The number of carbonyl (C=O) groups is 1. The number of aromatic nitrogens is 4. The number of carbonyl (C=O) groups excluding carboxylic acids is 1. The number of aliphatic hydroxyl groups is 2. The first-order valence-electron chi connectivity index (χ1n) is 7.83. The molecule has 0 bridgehead atoms. The Morgan fingerprint density at radius 1 is 1.40 bits per heavy atom. The summed E-state index contributed by atoms with van der Waals surface area (Å²) in [6.07, 6.45) is 0.323. The maximum Gasteiger partial charge on any atom is 0.258 e. The van der Waals surface area contributed by atoms with E-state index in [0.29, 0.717) is 18.8 Å². The third kappa shape index (κ3) is 4.29. The Kier molecular flexibility index (Phi) is 5.53. The SMILES string of the molecule is O=C(COc1ccc(-n2cnnn2)cc1)N[C@H]1CCO[C@H](CO)[C@H]1O. The molecule has 0 radical (unpaired) electrons. The van der Waals surface area contributed by atoms with Gasteiger partial charge in [-0.25, -0.2) is 4.68 Å². The first-order valence-corrected chi connectivity index (χ1v) is 7.83. The summed E-state index contributed by atoms with van der Waals surface area (Å²) >= 11 is 0. The van der Waals surface area contributed by atoms with Crippen LogP contribution in [0.25, 0.3) is 5.69 Å². The summed E-state index contributed by atoms with van der Waals surface area (Å²) in [5, 5.41) is 32.7. The summed E-state index contributed by atoms with van der Waals surface area (Å²) in [4.78, 5) is 12.0. The van der Waals surface area contributed by atoms with E-state index in [9.17, 15) is 9.90 Å². The molecule has 3 atom stereocenters. The fourth-order valence-electron chi connectivity index (χ4n) is 2.57. The summed E-state index contributed by atoms with van der Waals surface area (Å²) in [5.74, 6) is 0.167. The van der Waals surface area contributed by atoms with Crippen molar-refractivity contribution >= 4 is 5.91 Å². The Labute approximate surface area is 143 Å². The van der Waals surface area contributed by atoms with Crippen LogP contribution < -0.4 is 10.1 Å². The third-order valence-electron chi connectivity index (χ3n) is 3.90. The topological polar surface area (TPSA) is 132 Å². The molecule has 25 heavy (non-hydrogen) atoms. The molecule has 1 aliphatic heterocycles. The van der Waals surface area contributed by atoms with Crippen LogP contribution >= 0.6 is 0 Å². The Morgan fingerprint density at radius 2 is 2.20 bits per heavy atom. The van der Waals surface area contributed by atoms with Crippen molar-refractivity contribution in [1.29, 1.82) is 0 Å². The lowest BCUT2D eigenvalue weighted by Crippen LogP contribution is -2.54. The summed E-state index contributed by atoms with van der Waals surface area (Å²) in [5.41, 5.74) is 0.766. The Balaban J connectivity index is 1.49. The average molecular weight is 349 g/mol. The zero-order chi connectivity index (χ0) is 17.6. The monoisotopic (exact) mass is 349 g/mol. The molecule has 1 aromatic heterocycles. The highest BCUT2D eigenvalue weighted by Crippen LogP contribution is 2.16. The van der Waals surface area contributed by atoms with E-state index in [4.69, 9.17) is 14.6 Å². The van der Waals surface area contributed by atoms with Gasteiger partial charge in [0.05, 0.1) is 18.3 Å². The van der Waals surface area contributed by atoms with E-state index in [2.05, 4.69) is 20.8 Å². The summed E-state index contributed by atoms with van der Waals surface area (Å²) < 4.78 is 12.2. The Bertz CT molecular complexity index is 678. The van der Waals surface area contributed by atoms with Gasteiger partial charge in [-0.1, -0.05) is 0 Å². The molecule has 1 aliphatic rings. The number of nitrogens with zero attached hydrogens (tertiary/aromatic N) is 4. The summed E-state index contributed by atoms with van der Waals surface area (Å²) in [6, 6.07) is 6.46. The second-order valence-corrected chi connectivity index (χ2v) is 5.58. The minimum Gasteiger partial charge on any atom is -0.484 e. The first-order chi connectivity index (χ1) is 12.2. The molecule has 2 heterocycles. The standard InChI is InChI=1S/C15H19N5O5/c21-7-13-15(23)12(5-6-24-13)17-14(22)8-25-11-3-1-10(2-4-11)20-9-16-18-19-20/h1-4,9,12-13,15,21,23H,5-8H2,(H,17,22)/t12-,13+,15-/m0/s1. The zero-order valence-corrected chi connectivity index (χ0v) is 13.4. The quantitative estimate of drug-likeness (QED) is 0.584. The number of benzene rings is 1. The van der Waals surface area contributed by atoms with E-state index >= 15 is 0 Å². The van der Waals surface area contributed by atoms with Gasteiger partial charge in [0.15, 0.2) is 6.61 Å². The molecule has 10 nitrogen and oxygen atoms in total. The molecule has 1 aromatic carbocycles. The smallest absolute Gasteiger partial charge is 0.258 e.